The first-order valence-corrected chi connectivity index (χ1v) is 8.34. The molecule has 0 saturated heterocycles. The van der Waals surface area contributed by atoms with Gasteiger partial charge in [0, 0.05) is 0 Å². The standard InChI is InChI=1S/C15H20ClO3P/c1-18-12-9-8-11(16)14(19-2)13(12)15(17)20-10-6-4-3-5-7-10/h8-10,20H,3-7H2,1-2H3. The first kappa shape index (κ1) is 15.6. The second-order valence-corrected chi connectivity index (χ2v) is 6.93. The topological polar surface area (TPSA) is 35.5 Å². The molecule has 1 aliphatic carbocycles. The summed E-state index contributed by atoms with van der Waals surface area (Å²) in [5.41, 5.74) is 1.09. The zero-order valence-corrected chi connectivity index (χ0v) is 13.6. The summed E-state index contributed by atoms with van der Waals surface area (Å²) in [5.74, 6) is 0.971. The summed E-state index contributed by atoms with van der Waals surface area (Å²) in [6, 6.07) is 3.42. The number of benzene rings is 1. The molecule has 0 heterocycles. The molecule has 1 aromatic rings. The van der Waals surface area contributed by atoms with Gasteiger partial charge in [-0.1, -0.05) is 30.9 Å². The number of ether oxygens (including phenoxy) is 2. The molecule has 0 bridgehead atoms. The molecule has 1 fully saturated rings. The summed E-state index contributed by atoms with van der Waals surface area (Å²) in [6.45, 7) is 0. The van der Waals surface area contributed by atoms with Gasteiger partial charge in [-0.3, -0.25) is 4.79 Å². The molecule has 0 amide bonds. The number of rotatable bonds is 5. The van der Waals surface area contributed by atoms with Crippen LogP contribution in [-0.2, 0) is 0 Å². The van der Waals surface area contributed by atoms with E-state index in [1.54, 1.807) is 19.2 Å². The van der Waals surface area contributed by atoms with Crippen molar-refractivity contribution in [2.75, 3.05) is 14.2 Å². The van der Waals surface area contributed by atoms with Gasteiger partial charge < -0.3 is 9.47 Å². The molecule has 2 rings (SSSR count). The Hall–Kier alpha value is -0.790. The third-order valence-corrected chi connectivity index (χ3v) is 5.46. The van der Waals surface area contributed by atoms with Crippen LogP contribution in [0.5, 0.6) is 11.5 Å². The quantitative estimate of drug-likeness (QED) is 0.750. The zero-order valence-electron chi connectivity index (χ0n) is 11.9. The van der Waals surface area contributed by atoms with E-state index in [1.807, 2.05) is 0 Å². The monoisotopic (exact) mass is 314 g/mol. The van der Waals surface area contributed by atoms with E-state index in [2.05, 4.69) is 0 Å². The predicted molar refractivity (Wildman–Crippen MR) is 84.1 cm³/mol. The van der Waals surface area contributed by atoms with Gasteiger partial charge in [0.05, 0.1) is 19.2 Å². The van der Waals surface area contributed by atoms with Gasteiger partial charge in [0.15, 0.2) is 11.3 Å². The van der Waals surface area contributed by atoms with Crippen molar-refractivity contribution in [2.24, 2.45) is 0 Å². The highest BCUT2D eigenvalue weighted by Crippen LogP contribution is 2.42. The van der Waals surface area contributed by atoms with Crippen LogP contribution in [0.2, 0.25) is 5.02 Å². The lowest BCUT2D eigenvalue weighted by Crippen LogP contribution is -2.10. The van der Waals surface area contributed by atoms with E-state index < -0.39 is 0 Å². The minimum absolute atomic E-state index is 0.0908. The van der Waals surface area contributed by atoms with E-state index in [1.165, 1.54) is 26.4 Å². The number of hydrogen-bond donors (Lipinski definition) is 0. The van der Waals surface area contributed by atoms with Crippen LogP contribution in [-0.4, -0.2) is 25.4 Å². The number of carbonyl (C=O) groups excluding carboxylic acids is 1. The Morgan fingerprint density at radius 2 is 1.90 bits per heavy atom. The molecule has 1 aliphatic rings. The van der Waals surface area contributed by atoms with E-state index in [-0.39, 0.29) is 14.1 Å². The van der Waals surface area contributed by atoms with Gasteiger partial charge in [0.25, 0.3) is 0 Å². The molecule has 1 aromatic carbocycles. The molecule has 1 unspecified atom stereocenters. The van der Waals surface area contributed by atoms with Gasteiger partial charge in [-0.15, -0.1) is 0 Å². The van der Waals surface area contributed by atoms with Crippen molar-refractivity contribution in [3.8, 4) is 11.5 Å². The maximum absolute atomic E-state index is 12.6. The first-order valence-electron chi connectivity index (χ1n) is 6.88. The van der Waals surface area contributed by atoms with E-state index >= 15 is 0 Å². The summed E-state index contributed by atoms with van der Waals surface area (Å²) in [6.07, 6.45) is 6.05. The van der Waals surface area contributed by atoms with Gasteiger partial charge in [-0.05, 0) is 39.2 Å². The Balaban J connectivity index is 2.25. The normalized spacial score (nSPS) is 16.6. The fraction of sp³-hybridized carbons (Fsp3) is 0.533. The number of carbonyl (C=O) groups is 1. The highest BCUT2D eigenvalue weighted by atomic mass is 35.5. The molecule has 0 radical (unpaired) electrons. The molecular weight excluding hydrogens is 295 g/mol. The third kappa shape index (κ3) is 3.45. The zero-order chi connectivity index (χ0) is 14.5. The van der Waals surface area contributed by atoms with Crippen molar-refractivity contribution in [2.45, 2.75) is 37.8 Å². The van der Waals surface area contributed by atoms with Gasteiger partial charge in [-0.2, -0.15) is 0 Å². The average Bonchev–Trinajstić information content (AvgIpc) is 2.47. The van der Waals surface area contributed by atoms with Crippen molar-refractivity contribution in [3.63, 3.8) is 0 Å². The Morgan fingerprint density at radius 3 is 2.50 bits per heavy atom. The number of hydrogen-bond acceptors (Lipinski definition) is 3. The molecular formula is C15H20ClO3P. The van der Waals surface area contributed by atoms with Crippen LogP contribution in [0.4, 0.5) is 0 Å². The van der Waals surface area contributed by atoms with Crippen molar-refractivity contribution in [1.29, 1.82) is 0 Å². The molecule has 20 heavy (non-hydrogen) atoms. The molecule has 1 atom stereocenters. The van der Waals surface area contributed by atoms with Crippen molar-refractivity contribution in [3.05, 3.63) is 22.7 Å². The van der Waals surface area contributed by atoms with Crippen LogP contribution in [0.15, 0.2) is 12.1 Å². The Morgan fingerprint density at radius 1 is 1.20 bits per heavy atom. The molecule has 0 N–H and O–H groups in total. The third-order valence-electron chi connectivity index (χ3n) is 3.66. The maximum atomic E-state index is 12.6. The summed E-state index contributed by atoms with van der Waals surface area (Å²) < 4.78 is 10.6. The van der Waals surface area contributed by atoms with Crippen molar-refractivity contribution >= 4 is 25.7 Å². The van der Waals surface area contributed by atoms with Crippen LogP contribution in [0.1, 0.15) is 42.5 Å². The lowest BCUT2D eigenvalue weighted by Gasteiger charge is -2.21. The second kappa shape index (κ2) is 7.28. The summed E-state index contributed by atoms with van der Waals surface area (Å²) >= 11 is 6.12. The van der Waals surface area contributed by atoms with E-state index in [0.29, 0.717) is 27.7 Å². The van der Waals surface area contributed by atoms with Crippen LogP contribution in [0.25, 0.3) is 0 Å². The number of methoxy groups -OCH3 is 2. The van der Waals surface area contributed by atoms with Crippen LogP contribution in [0, 0.1) is 0 Å². The lowest BCUT2D eigenvalue weighted by atomic mass is 10.0. The largest absolute Gasteiger partial charge is 0.496 e. The van der Waals surface area contributed by atoms with Gasteiger partial charge in [-0.25, -0.2) is 0 Å². The van der Waals surface area contributed by atoms with Crippen molar-refractivity contribution in [1.82, 2.24) is 0 Å². The molecule has 0 aromatic heterocycles. The van der Waals surface area contributed by atoms with Crippen LogP contribution >= 0.6 is 20.2 Å². The van der Waals surface area contributed by atoms with E-state index in [0.717, 1.165) is 12.8 Å². The molecule has 1 saturated carbocycles. The fourth-order valence-electron chi connectivity index (χ4n) is 2.63. The lowest BCUT2D eigenvalue weighted by molar-refractivity contribution is 0.107. The summed E-state index contributed by atoms with van der Waals surface area (Å²) in [4.78, 5) is 12.6. The van der Waals surface area contributed by atoms with Crippen molar-refractivity contribution < 1.29 is 14.3 Å². The SMILES string of the molecule is COc1ccc(Cl)c(OC)c1C(=O)PC1CCCCC1. The molecule has 0 aliphatic heterocycles. The summed E-state index contributed by atoms with van der Waals surface area (Å²) in [7, 11) is 3.36. The smallest absolute Gasteiger partial charge is 0.188 e. The molecule has 3 nitrogen and oxygen atoms in total. The fourth-order valence-corrected chi connectivity index (χ4v) is 4.31. The van der Waals surface area contributed by atoms with Gasteiger partial charge in [0.2, 0.25) is 0 Å². The highest BCUT2D eigenvalue weighted by molar-refractivity contribution is 7.59. The van der Waals surface area contributed by atoms with Crippen LogP contribution < -0.4 is 9.47 Å². The Kier molecular flexibility index (Phi) is 5.68. The second-order valence-electron chi connectivity index (χ2n) is 4.97. The van der Waals surface area contributed by atoms with Gasteiger partial charge in [0.1, 0.15) is 11.3 Å². The van der Waals surface area contributed by atoms with E-state index in [4.69, 9.17) is 21.1 Å². The average molecular weight is 315 g/mol. The van der Waals surface area contributed by atoms with E-state index in [9.17, 15) is 4.79 Å². The summed E-state index contributed by atoms with van der Waals surface area (Å²) in [5, 5.41) is 0.449. The predicted octanol–water partition coefficient (Wildman–Crippen LogP) is 4.51. The molecule has 5 heteroatoms. The Labute approximate surface area is 126 Å². The number of halogens is 1. The minimum Gasteiger partial charge on any atom is -0.496 e. The minimum atomic E-state index is 0.0908. The molecule has 110 valence electrons. The maximum Gasteiger partial charge on any atom is 0.188 e. The molecule has 0 spiro atoms. The Bertz CT molecular complexity index is 484. The first-order chi connectivity index (χ1) is 9.67. The van der Waals surface area contributed by atoms with Crippen LogP contribution in [0.3, 0.4) is 0 Å². The highest BCUT2D eigenvalue weighted by Gasteiger charge is 2.24. The van der Waals surface area contributed by atoms with Gasteiger partial charge >= 0.3 is 0 Å².